The summed E-state index contributed by atoms with van der Waals surface area (Å²) in [5.74, 6) is -0.852. The van der Waals surface area contributed by atoms with Gasteiger partial charge in [-0.3, -0.25) is 0 Å². The van der Waals surface area contributed by atoms with E-state index in [1.807, 2.05) is 0 Å². The van der Waals surface area contributed by atoms with Crippen LogP contribution in [0.4, 0.5) is 11.6 Å². The summed E-state index contributed by atoms with van der Waals surface area (Å²) in [6, 6.07) is 5.23. The summed E-state index contributed by atoms with van der Waals surface area (Å²) in [6.07, 6.45) is 4.81. The molecule has 92 valence electrons. The van der Waals surface area contributed by atoms with Gasteiger partial charge in [-0.05, 0) is 18.2 Å². The van der Waals surface area contributed by atoms with E-state index in [2.05, 4.69) is 20.3 Å². The van der Waals surface area contributed by atoms with Crippen molar-refractivity contribution < 1.29 is 9.90 Å². The molecule has 18 heavy (non-hydrogen) atoms. The average molecular weight is 261 g/mol. The SMILES string of the molecule is O=C([O-])CSc1ncccc1Nc1ncccn1. The van der Waals surface area contributed by atoms with E-state index in [1.54, 1.807) is 36.8 Å². The van der Waals surface area contributed by atoms with E-state index in [0.29, 0.717) is 16.7 Å². The highest BCUT2D eigenvalue weighted by Crippen LogP contribution is 2.25. The maximum Gasteiger partial charge on any atom is 0.227 e. The number of aliphatic carboxylic acids is 1. The molecule has 2 aromatic rings. The van der Waals surface area contributed by atoms with Crippen LogP contribution in [0, 0.1) is 0 Å². The van der Waals surface area contributed by atoms with Gasteiger partial charge in [0.25, 0.3) is 0 Å². The summed E-state index contributed by atoms with van der Waals surface area (Å²) in [5.41, 5.74) is 0.662. The molecule has 0 atom stereocenters. The van der Waals surface area contributed by atoms with Crippen molar-refractivity contribution in [1.82, 2.24) is 15.0 Å². The zero-order valence-corrected chi connectivity index (χ0v) is 10.1. The highest BCUT2D eigenvalue weighted by molar-refractivity contribution is 8.00. The number of thioether (sulfide) groups is 1. The molecule has 2 heterocycles. The van der Waals surface area contributed by atoms with Gasteiger partial charge in [0, 0.05) is 24.3 Å². The van der Waals surface area contributed by atoms with Gasteiger partial charge in [-0.1, -0.05) is 11.8 Å². The molecule has 0 aliphatic carbocycles. The lowest BCUT2D eigenvalue weighted by atomic mass is 10.4. The minimum absolute atomic E-state index is 0.151. The Bertz CT molecular complexity index is 536. The minimum atomic E-state index is -1.13. The number of carboxylic acid groups (broad SMARTS) is 1. The van der Waals surface area contributed by atoms with Crippen molar-refractivity contribution in [2.24, 2.45) is 0 Å². The Morgan fingerprint density at radius 2 is 1.94 bits per heavy atom. The fraction of sp³-hybridized carbons (Fsp3) is 0.0909. The topological polar surface area (TPSA) is 90.8 Å². The Balaban J connectivity index is 2.14. The van der Waals surface area contributed by atoms with Gasteiger partial charge in [0.15, 0.2) is 0 Å². The fourth-order valence-corrected chi connectivity index (χ4v) is 1.88. The molecule has 0 saturated heterocycles. The first-order valence-electron chi connectivity index (χ1n) is 5.07. The van der Waals surface area contributed by atoms with Crippen molar-refractivity contribution in [2.45, 2.75) is 5.03 Å². The molecule has 0 unspecified atom stereocenters. The van der Waals surface area contributed by atoms with Crippen molar-refractivity contribution >= 4 is 29.4 Å². The molecule has 0 aliphatic rings. The maximum atomic E-state index is 10.4. The first-order valence-corrected chi connectivity index (χ1v) is 6.06. The number of hydrogen-bond donors (Lipinski definition) is 1. The third-order valence-corrected chi connectivity index (χ3v) is 2.89. The summed E-state index contributed by atoms with van der Waals surface area (Å²) in [7, 11) is 0. The average Bonchev–Trinajstić information content (AvgIpc) is 2.39. The number of nitrogens with one attached hydrogen (secondary N) is 1. The Morgan fingerprint density at radius 1 is 1.22 bits per heavy atom. The Kier molecular flexibility index (Phi) is 4.08. The molecule has 7 heteroatoms. The van der Waals surface area contributed by atoms with Crippen LogP contribution in [0.15, 0.2) is 41.8 Å². The Hall–Kier alpha value is -2.15. The van der Waals surface area contributed by atoms with Gasteiger partial charge in [0.2, 0.25) is 5.95 Å². The predicted molar refractivity (Wildman–Crippen MR) is 65.3 cm³/mol. The summed E-state index contributed by atoms with van der Waals surface area (Å²) in [6.45, 7) is 0. The van der Waals surface area contributed by atoms with E-state index in [0.717, 1.165) is 11.8 Å². The number of anilines is 2. The molecule has 0 saturated carbocycles. The molecular weight excluding hydrogens is 252 g/mol. The van der Waals surface area contributed by atoms with Crippen LogP contribution < -0.4 is 10.4 Å². The molecule has 0 radical (unpaired) electrons. The molecule has 1 N–H and O–H groups in total. The van der Waals surface area contributed by atoms with Crippen LogP contribution >= 0.6 is 11.8 Å². The second-order valence-electron chi connectivity index (χ2n) is 3.21. The zero-order valence-electron chi connectivity index (χ0n) is 9.24. The van der Waals surface area contributed by atoms with Crippen LogP contribution in [-0.4, -0.2) is 26.7 Å². The Labute approximate surface area is 108 Å². The first-order chi connectivity index (χ1) is 8.75. The van der Waals surface area contributed by atoms with Crippen LogP contribution in [0.25, 0.3) is 0 Å². The lowest BCUT2D eigenvalue weighted by Crippen LogP contribution is -2.24. The van der Waals surface area contributed by atoms with Gasteiger partial charge in [0.05, 0.1) is 11.7 Å². The smallest absolute Gasteiger partial charge is 0.227 e. The second kappa shape index (κ2) is 5.97. The summed E-state index contributed by atoms with van der Waals surface area (Å²) in [4.78, 5) is 22.6. The van der Waals surface area contributed by atoms with Crippen LogP contribution in [0.1, 0.15) is 0 Å². The number of pyridine rings is 1. The molecule has 0 amide bonds. The van der Waals surface area contributed by atoms with Gasteiger partial charge < -0.3 is 15.2 Å². The van der Waals surface area contributed by atoms with E-state index in [1.165, 1.54) is 0 Å². The van der Waals surface area contributed by atoms with Crippen molar-refractivity contribution in [3.8, 4) is 0 Å². The number of hydrogen-bond acceptors (Lipinski definition) is 7. The molecule has 0 spiro atoms. The second-order valence-corrected chi connectivity index (χ2v) is 4.18. The number of carboxylic acids is 1. The van der Waals surface area contributed by atoms with Gasteiger partial charge >= 0.3 is 0 Å². The molecule has 2 rings (SSSR count). The number of rotatable bonds is 5. The highest BCUT2D eigenvalue weighted by Gasteiger charge is 2.05. The fourth-order valence-electron chi connectivity index (χ4n) is 1.21. The van der Waals surface area contributed by atoms with Crippen molar-refractivity contribution in [3.05, 3.63) is 36.8 Å². The third kappa shape index (κ3) is 3.42. The van der Waals surface area contributed by atoms with Crippen LogP contribution in [-0.2, 0) is 4.79 Å². The van der Waals surface area contributed by atoms with Crippen LogP contribution in [0.5, 0.6) is 0 Å². The van der Waals surface area contributed by atoms with Gasteiger partial charge in [-0.2, -0.15) is 0 Å². The van der Waals surface area contributed by atoms with Crippen molar-refractivity contribution in [3.63, 3.8) is 0 Å². The molecule has 0 fully saturated rings. The monoisotopic (exact) mass is 261 g/mol. The summed E-state index contributed by atoms with van der Waals surface area (Å²) < 4.78 is 0. The quantitative estimate of drug-likeness (QED) is 0.781. The van der Waals surface area contributed by atoms with E-state index < -0.39 is 5.97 Å². The minimum Gasteiger partial charge on any atom is -0.549 e. The number of carbonyl (C=O) groups is 1. The van der Waals surface area contributed by atoms with Crippen LogP contribution in [0.2, 0.25) is 0 Å². The molecule has 0 aromatic carbocycles. The number of carbonyl (C=O) groups excluding carboxylic acids is 1. The van der Waals surface area contributed by atoms with Gasteiger partial charge in [0.1, 0.15) is 5.03 Å². The van der Waals surface area contributed by atoms with Crippen molar-refractivity contribution in [1.29, 1.82) is 0 Å². The van der Waals surface area contributed by atoms with Gasteiger partial charge in [-0.15, -0.1) is 0 Å². The number of nitrogens with zero attached hydrogens (tertiary/aromatic N) is 3. The third-order valence-electron chi connectivity index (χ3n) is 1.91. The zero-order chi connectivity index (χ0) is 12.8. The molecule has 0 aliphatic heterocycles. The highest BCUT2D eigenvalue weighted by atomic mass is 32.2. The van der Waals surface area contributed by atoms with E-state index in [-0.39, 0.29) is 5.75 Å². The first kappa shape index (κ1) is 12.3. The van der Waals surface area contributed by atoms with E-state index in [9.17, 15) is 9.90 Å². The van der Waals surface area contributed by atoms with Gasteiger partial charge in [-0.25, -0.2) is 15.0 Å². The number of aromatic nitrogens is 3. The summed E-state index contributed by atoms with van der Waals surface area (Å²) in [5, 5.41) is 14.0. The maximum absolute atomic E-state index is 10.4. The normalized spacial score (nSPS) is 10.0. The van der Waals surface area contributed by atoms with E-state index in [4.69, 9.17) is 0 Å². The van der Waals surface area contributed by atoms with Crippen molar-refractivity contribution in [2.75, 3.05) is 11.1 Å². The lowest BCUT2D eigenvalue weighted by Gasteiger charge is -2.09. The largest absolute Gasteiger partial charge is 0.549 e. The lowest BCUT2D eigenvalue weighted by molar-refractivity contribution is -0.301. The molecule has 6 nitrogen and oxygen atoms in total. The standard InChI is InChI=1S/C11H10N4O2S/c16-9(17)7-18-10-8(3-1-4-12-10)15-11-13-5-2-6-14-11/h1-6H,7H2,(H,16,17)(H,13,14,15)/p-1. The summed E-state index contributed by atoms with van der Waals surface area (Å²) >= 11 is 1.08. The molecular formula is C11H9N4O2S-. The molecule has 2 aromatic heterocycles. The predicted octanol–water partition coefficient (Wildman–Crippen LogP) is 0.457. The molecule has 0 bridgehead atoms. The Morgan fingerprint density at radius 3 is 2.67 bits per heavy atom. The van der Waals surface area contributed by atoms with Crippen LogP contribution in [0.3, 0.4) is 0 Å². The van der Waals surface area contributed by atoms with E-state index >= 15 is 0 Å².